The fourth-order valence-corrected chi connectivity index (χ4v) is 18.3. The van der Waals surface area contributed by atoms with E-state index >= 15 is 0 Å². The smallest absolute Gasteiger partial charge is 0.0125 e. The van der Waals surface area contributed by atoms with Crippen molar-refractivity contribution < 1.29 is 0 Å². The standard InChI is InChI=1S/C22H25P3.2C21H23P3.2C21H21P/c1-15-2-5-18(17-6-3-16(12-23)4-7-17)11-22(15)19-8-9-20(13-24)21(10-19)14-25;1-14-8-18(15-4-6-21(24)7-5-15)11-19(9-14)16-2-3-17(12-22)20(10-16)13-23;1-14-2-3-17(11-21(14)15-6-8-20(24)9-7-15)16-4-5-18(12-22)19(10-16)13-23;1-14-4-6-17(7-5-14)19-10-15(2)11-20(13-19)18-8-9-21(22)16(3)12-18;1-14-7-9-20(15(2)11-14)17-5-4-6-18(13-17)21-10-8-19(22)12-16(21)3/h2-11H,12-14,23-25H2,1H3;2*2-11H,12-13,22-24H2,1H3;2*4-13H,22H2,1-3H3. The summed E-state index contributed by atoms with van der Waals surface area (Å²) in [7, 11) is 30.8. The zero-order chi connectivity index (χ0) is 83.4. The van der Waals surface area contributed by atoms with Crippen LogP contribution in [0.25, 0.3) is 111 Å². The zero-order valence-electron chi connectivity index (χ0n) is 69.2. The molecule has 0 saturated heterocycles. The zero-order valence-corrected chi connectivity index (χ0v) is 81.9. The lowest BCUT2D eigenvalue weighted by Gasteiger charge is -2.13. The largest absolute Gasteiger partial charge is 0.133 e. The summed E-state index contributed by atoms with van der Waals surface area (Å²) in [6.07, 6.45) is 6.99. The molecule has 117 heavy (non-hydrogen) atoms. The van der Waals surface area contributed by atoms with Crippen LogP contribution in [0.3, 0.4) is 0 Å². The SMILES string of the molecule is Cc1cc(-c2ccc(P)cc2)cc(-c2ccc(CP)c(CP)c2)c1.Cc1ccc(-c2cc(C)cc(-c3ccc(P)c(C)c3)c2)cc1.Cc1ccc(-c2ccc(CP)c(CP)c2)cc1-c1ccc(P)cc1.Cc1ccc(-c2ccc(CP)cc2)cc1-c1ccc(CP)c(CP)c1.Cc1ccc(-c2cccc(-c3ccc(P)cc3C)c2)c(C)c1. The molecule has 15 aromatic rings. The molecule has 0 aromatic heterocycles. The lowest BCUT2D eigenvalue weighted by molar-refractivity contribution is 1.28. The molecule has 11 atom stereocenters. The Bertz CT molecular complexity index is 5840. The first-order chi connectivity index (χ1) is 56.4. The number of aryl methyl sites for hydroxylation is 9. The van der Waals surface area contributed by atoms with Crippen molar-refractivity contribution in [3.63, 3.8) is 0 Å². The molecule has 0 aliphatic heterocycles. The third-order valence-electron chi connectivity index (χ3n) is 21.6. The maximum Gasteiger partial charge on any atom is -0.0125 e. The van der Waals surface area contributed by atoms with Crippen LogP contribution in [0.2, 0.25) is 0 Å². The van der Waals surface area contributed by atoms with Crippen LogP contribution in [0.15, 0.2) is 303 Å². The molecule has 0 aliphatic carbocycles. The molecule has 11 heteroatoms. The van der Waals surface area contributed by atoms with E-state index < -0.39 is 0 Å². The van der Waals surface area contributed by atoms with Crippen LogP contribution in [-0.4, -0.2) is 0 Å². The van der Waals surface area contributed by atoms with Crippen molar-refractivity contribution in [3.05, 3.63) is 392 Å². The summed E-state index contributed by atoms with van der Waals surface area (Å²) in [6.45, 7) is 19.5. The third-order valence-corrected chi connectivity index (χ3v) is 26.5. The van der Waals surface area contributed by atoms with Crippen molar-refractivity contribution in [2.24, 2.45) is 0 Å². The normalized spacial score (nSPS) is 10.8. The molecule has 15 aromatic carbocycles. The summed E-state index contributed by atoms with van der Waals surface area (Å²) >= 11 is 0. The molecule has 0 radical (unpaired) electrons. The maximum absolute atomic E-state index is 2.85. The van der Waals surface area contributed by atoms with Gasteiger partial charge in [-0.15, -0.1) is 102 Å². The molecular weight excluding hydrogens is 1610 g/mol. The Kier molecular flexibility index (Phi) is 34.2. The molecule has 592 valence electrons. The molecule has 0 heterocycles. The molecule has 0 nitrogen and oxygen atoms in total. The van der Waals surface area contributed by atoms with Gasteiger partial charge in [-0.1, -0.05) is 284 Å². The molecule has 11 unspecified atom stereocenters. The van der Waals surface area contributed by atoms with Crippen molar-refractivity contribution >= 4 is 123 Å². The van der Waals surface area contributed by atoms with E-state index in [1.807, 2.05) is 0 Å². The van der Waals surface area contributed by atoms with Gasteiger partial charge in [0.2, 0.25) is 0 Å². The van der Waals surface area contributed by atoms with Gasteiger partial charge >= 0.3 is 0 Å². The highest BCUT2D eigenvalue weighted by atomic mass is 31.0. The van der Waals surface area contributed by atoms with Crippen LogP contribution in [0.1, 0.15) is 89.0 Å². The minimum Gasteiger partial charge on any atom is -0.133 e. The molecule has 15 rings (SSSR count). The van der Waals surface area contributed by atoms with Crippen molar-refractivity contribution in [3.8, 4) is 111 Å². The Hall–Kier alpha value is -6.97. The topological polar surface area (TPSA) is 0 Å². The molecule has 0 amide bonds. The average molecular weight is 1730 g/mol. The third kappa shape index (κ3) is 24.7. The monoisotopic (exact) mass is 1730 g/mol. The van der Waals surface area contributed by atoms with Crippen LogP contribution in [-0.2, 0) is 43.1 Å². The van der Waals surface area contributed by atoms with Crippen LogP contribution in [0.4, 0.5) is 0 Å². The van der Waals surface area contributed by atoms with E-state index in [-0.39, 0.29) is 0 Å². The van der Waals surface area contributed by atoms with E-state index in [0.29, 0.717) is 0 Å². The molecule has 0 aliphatic rings. The first-order valence-electron chi connectivity index (χ1n) is 40.0. The van der Waals surface area contributed by atoms with Gasteiger partial charge in [-0.25, -0.2) is 0 Å². The molecule has 0 N–H and O–H groups in total. The van der Waals surface area contributed by atoms with Crippen molar-refractivity contribution in [2.45, 2.75) is 105 Å². The highest BCUT2D eigenvalue weighted by Crippen LogP contribution is 2.38. The highest BCUT2D eigenvalue weighted by molar-refractivity contribution is 7.28. The van der Waals surface area contributed by atoms with Crippen LogP contribution < -0.4 is 21.2 Å². The van der Waals surface area contributed by atoms with Crippen molar-refractivity contribution in [1.29, 1.82) is 0 Å². The van der Waals surface area contributed by atoms with E-state index in [9.17, 15) is 0 Å². The van der Waals surface area contributed by atoms with Gasteiger partial charge in [-0.3, -0.25) is 0 Å². The number of benzene rings is 15. The first kappa shape index (κ1) is 90.8. The molecule has 0 fully saturated rings. The summed E-state index contributed by atoms with van der Waals surface area (Å²) in [5.41, 5.74) is 47.3. The van der Waals surface area contributed by atoms with Gasteiger partial charge in [0.05, 0.1) is 0 Å². The average Bonchev–Trinajstić information content (AvgIpc) is 0.821. The number of rotatable bonds is 17. The summed E-state index contributed by atoms with van der Waals surface area (Å²) in [6, 6.07) is 111. The van der Waals surface area contributed by atoms with Gasteiger partial charge < -0.3 is 0 Å². The predicted octanol–water partition coefficient (Wildman–Crippen LogP) is 28.5. The van der Waals surface area contributed by atoms with Crippen molar-refractivity contribution in [2.75, 3.05) is 0 Å². The fraction of sp³-hybridized carbons (Fsp3) is 0.151. The Morgan fingerprint density at radius 3 is 0.957 bits per heavy atom. The Labute approximate surface area is 726 Å². The minimum atomic E-state index is 0.992. The lowest BCUT2D eigenvalue weighted by atomic mass is 9.93. The van der Waals surface area contributed by atoms with Gasteiger partial charge in [0.15, 0.2) is 0 Å². The Morgan fingerprint density at radius 2 is 0.496 bits per heavy atom. The second-order valence-electron chi connectivity index (χ2n) is 30.5. The Morgan fingerprint density at radius 1 is 0.171 bits per heavy atom. The maximum atomic E-state index is 2.85. The number of hydrogen-bond acceptors (Lipinski definition) is 0. The second-order valence-corrected chi connectivity index (χ2v) is 35.9. The van der Waals surface area contributed by atoms with Gasteiger partial charge in [0.1, 0.15) is 0 Å². The van der Waals surface area contributed by atoms with Crippen molar-refractivity contribution in [1.82, 2.24) is 0 Å². The van der Waals surface area contributed by atoms with Gasteiger partial charge in [0.25, 0.3) is 0 Å². The Balaban J connectivity index is 0.000000144. The summed E-state index contributed by atoms with van der Waals surface area (Å²) in [5, 5.41) is 4.91. The van der Waals surface area contributed by atoms with Gasteiger partial charge in [-0.05, 0) is 346 Å². The highest BCUT2D eigenvalue weighted by Gasteiger charge is 2.14. The summed E-state index contributed by atoms with van der Waals surface area (Å²) in [4.78, 5) is 0. The molecular formula is C106H113P11. The predicted molar refractivity (Wildman–Crippen MR) is 560 cm³/mol. The van der Waals surface area contributed by atoms with Crippen LogP contribution in [0, 0.1) is 62.3 Å². The summed E-state index contributed by atoms with van der Waals surface area (Å²) < 4.78 is 0. The number of hydrogen-bond donors (Lipinski definition) is 0. The van der Waals surface area contributed by atoms with E-state index in [0.717, 1.165) is 43.1 Å². The first-order valence-corrected chi connectivity index (χ1v) is 48.0. The van der Waals surface area contributed by atoms with E-state index in [1.54, 1.807) is 0 Å². The lowest BCUT2D eigenvalue weighted by Crippen LogP contribution is -1.96. The quantitative estimate of drug-likeness (QED) is 0.0797. The molecule has 0 spiro atoms. The van der Waals surface area contributed by atoms with E-state index in [4.69, 9.17) is 0 Å². The van der Waals surface area contributed by atoms with Gasteiger partial charge in [-0.2, -0.15) is 0 Å². The fourth-order valence-electron chi connectivity index (χ4n) is 14.8. The van der Waals surface area contributed by atoms with E-state index in [2.05, 4.69) is 467 Å². The molecule has 0 saturated carbocycles. The molecule has 0 bridgehead atoms. The minimum absolute atomic E-state index is 0.992. The summed E-state index contributed by atoms with van der Waals surface area (Å²) in [5.74, 6) is 0. The van der Waals surface area contributed by atoms with Gasteiger partial charge in [0, 0.05) is 0 Å². The van der Waals surface area contributed by atoms with Crippen LogP contribution >= 0.6 is 102 Å². The van der Waals surface area contributed by atoms with Crippen LogP contribution in [0.5, 0.6) is 0 Å². The second kappa shape index (κ2) is 44.0. The van der Waals surface area contributed by atoms with E-state index in [1.165, 1.54) is 222 Å².